The fourth-order valence-electron chi connectivity index (χ4n) is 3.37. The van der Waals surface area contributed by atoms with E-state index in [1.54, 1.807) is 26.5 Å². The van der Waals surface area contributed by atoms with Crippen LogP contribution in [0.15, 0.2) is 53.6 Å². The summed E-state index contributed by atoms with van der Waals surface area (Å²) in [6.07, 6.45) is 3.21. The van der Waals surface area contributed by atoms with Crippen LogP contribution in [-0.2, 0) is 24.1 Å². The molecule has 0 amide bonds. The SMILES string of the molecule is CCS(=O)(=O)Nc1ccc(Oc2ccc(F)cc2F)c(-c2cn(C)c(=O)c3nn(C)cc23)c1. The number of ether oxygens (including phenoxy) is 1. The maximum atomic E-state index is 14.3. The summed E-state index contributed by atoms with van der Waals surface area (Å²) in [7, 11) is -0.346. The fourth-order valence-corrected chi connectivity index (χ4v) is 4.00. The van der Waals surface area contributed by atoms with Gasteiger partial charge in [0.1, 0.15) is 11.6 Å². The molecule has 0 aliphatic heterocycles. The van der Waals surface area contributed by atoms with Crippen molar-refractivity contribution in [2.75, 3.05) is 10.5 Å². The van der Waals surface area contributed by atoms with Gasteiger partial charge in [0.25, 0.3) is 5.56 Å². The summed E-state index contributed by atoms with van der Waals surface area (Å²) in [5.74, 6) is -1.83. The molecule has 2 aromatic heterocycles. The zero-order valence-electron chi connectivity index (χ0n) is 18.0. The van der Waals surface area contributed by atoms with Gasteiger partial charge < -0.3 is 9.30 Å². The highest BCUT2D eigenvalue weighted by Crippen LogP contribution is 2.39. The zero-order valence-corrected chi connectivity index (χ0v) is 18.8. The lowest BCUT2D eigenvalue weighted by molar-refractivity contribution is 0.439. The number of aryl methyl sites for hydroxylation is 2. The number of nitrogens with one attached hydrogen (secondary N) is 1. The molecule has 8 nitrogen and oxygen atoms in total. The van der Waals surface area contributed by atoms with E-state index >= 15 is 0 Å². The van der Waals surface area contributed by atoms with Gasteiger partial charge in [0.15, 0.2) is 17.1 Å². The van der Waals surface area contributed by atoms with Crippen LogP contribution in [0.3, 0.4) is 0 Å². The van der Waals surface area contributed by atoms with Gasteiger partial charge in [-0.05, 0) is 37.3 Å². The van der Waals surface area contributed by atoms with Gasteiger partial charge in [0, 0.05) is 54.8 Å². The number of hydrogen-bond donors (Lipinski definition) is 1. The summed E-state index contributed by atoms with van der Waals surface area (Å²) in [5.41, 5.74) is 1.03. The lowest BCUT2D eigenvalue weighted by Gasteiger charge is -2.16. The summed E-state index contributed by atoms with van der Waals surface area (Å²) >= 11 is 0. The number of benzene rings is 2. The number of aromatic nitrogens is 3. The van der Waals surface area contributed by atoms with E-state index in [4.69, 9.17) is 4.74 Å². The first-order chi connectivity index (χ1) is 15.6. The van der Waals surface area contributed by atoms with Crippen molar-refractivity contribution in [1.82, 2.24) is 14.3 Å². The molecule has 0 bridgehead atoms. The minimum Gasteiger partial charge on any atom is -0.454 e. The van der Waals surface area contributed by atoms with E-state index < -0.39 is 21.7 Å². The largest absolute Gasteiger partial charge is 0.454 e. The molecule has 2 aromatic carbocycles. The molecule has 0 aliphatic carbocycles. The van der Waals surface area contributed by atoms with E-state index in [1.165, 1.54) is 34.4 Å². The molecule has 2 heterocycles. The van der Waals surface area contributed by atoms with Crippen molar-refractivity contribution in [2.45, 2.75) is 6.92 Å². The van der Waals surface area contributed by atoms with Crippen LogP contribution >= 0.6 is 0 Å². The zero-order chi connectivity index (χ0) is 23.9. The molecule has 4 aromatic rings. The highest BCUT2D eigenvalue weighted by Gasteiger charge is 2.19. The lowest BCUT2D eigenvalue weighted by atomic mass is 10.0. The molecule has 1 N–H and O–H groups in total. The van der Waals surface area contributed by atoms with Crippen molar-refractivity contribution in [1.29, 1.82) is 0 Å². The number of fused-ring (bicyclic) bond motifs is 1. The Morgan fingerprint density at radius 2 is 1.76 bits per heavy atom. The Morgan fingerprint density at radius 3 is 2.45 bits per heavy atom. The molecule has 33 heavy (non-hydrogen) atoms. The van der Waals surface area contributed by atoms with Crippen molar-refractivity contribution < 1.29 is 21.9 Å². The minimum atomic E-state index is -3.57. The van der Waals surface area contributed by atoms with Gasteiger partial charge in [-0.25, -0.2) is 17.2 Å². The molecular formula is C22H20F2N4O4S. The lowest BCUT2D eigenvalue weighted by Crippen LogP contribution is -2.17. The monoisotopic (exact) mass is 474 g/mol. The fraction of sp³-hybridized carbons (Fsp3) is 0.182. The molecule has 0 spiro atoms. The van der Waals surface area contributed by atoms with Gasteiger partial charge >= 0.3 is 0 Å². The molecule has 172 valence electrons. The van der Waals surface area contributed by atoms with Crippen molar-refractivity contribution >= 4 is 26.6 Å². The third-order valence-corrected chi connectivity index (χ3v) is 6.31. The number of hydrogen-bond acceptors (Lipinski definition) is 5. The Labute approximate surface area is 188 Å². The first kappa shape index (κ1) is 22.5. The number of sulfonamides is 1. The Kier molecular flexibility index (Phi) is 5.66. The van der Waals surface area contributed by atoms with Crippen LogP contribution < -0.4 is 15.0 Å². The summed E-state index contributed by atoms with van der Waals surface area (Å²) < 4.78 is 62.9. The smallest absolute Gasteiger partial charge is 0.278 e. The van der Waals surface area contributed by atoms with Crippen LogP contribution in [0.5, 0.6) is 11.5 Å². The number of pyridine rings is 1. The average molecular weight is 474 g/mol. The summed E-state index contributed by atoms with van der Waals surface area (Å²) in [6.45, 7) is 1.50. The first-order valence-electron chi connectivity index (χ1n) is 9.89. The van der Waals surface area contributed by atoms with Gasteiger partial charge in [0.05, 0.1) is 5.75 Å². The molecule has 0 radical (unpaired) electrons. The second kappa shape index (κ2) is 8.32. The van der Waals surface area contributed by atoms with Gasteiger partial charge in [-0.1, -0.05) is 0 Å². The quantitative estimate of drug-likeness (QED) is 0.459. The number of rotatable bonds is 6. The van der Waals surface area contributed by atoms with Crippen molar-refractivity contribution in [3.63, 3.8) is 0 Å². The van der Waals surface area contributed by atoms with E-state index in [0.717, 1.165) is 12.1 Å². The number of halogens is 2. The summed E-state index contributed by atoms with van der Waals surface area (Å²) in [6, 6.07) is 7.38. The number of anilines is 1. The van der Waals surface area contributed by atoms with E-state index in [1.807, 2.05) is 0 Å². The molecule has 0 saturated carbocycles. The summed E-state index contributed by atoms with van der Waals surface area (Å²) in [4.78, 5) is 12.6. The minimum absolute atomic E-state index is 0.131. The Morgan fingerprint density at radius 1 is 1.03 bits per heavy atom. The van der Waals surface area contributed by atoms with E-state index in [0.29, 0.717) is 22.6 Å². The molecule has 0 aliphatic rings. The van der Waals surface area contributed by atoms with Crippen molar-refractivity contribution in [3.05, 3.63) is 70.8 Å². The predicted octanol–water partition coefficient (Wildman–Crippen LogP) is 3.77. The van der Waals surface area contributed by atoms with Crippen LogP contribution in [-0.4, -0.2) is 28.5 Å². The summed E-state index contributed by atoms with van der Waals surface area (Å²) in [5, 5.41) is 4.72. The third kappa shape index (κ3) is 4.44. The molecule has 0 unspecified atom stereocenters. The first-order valence-corrected chi connectivity index (χ1v) is 11.5. The predicted molar refractivity (Wildman–Crippen MR) is 121 cm³/mol. The van der Waals surface area contributed by atoms with Crippen LogP contribution in [0.25, 0.3) is 22.0 Å². The van der Waals surface area contributed by atoms with Crippen molar-refractivity contribution in [3.8, 4) is 22.6 Å². The Balaban J connectivity index is 1.95. The highest BCUT2D eigenvalue weighted by atomic mass is 32.2. The van der Waals surface area contributed by atoms with Crippen LogP contribution in [0.2, 0.25) is 0 Å². The standard InChI is InChI=1S/C22H20F2N4O4S/c1-4-33(30,31)26-14-6-8-19(32-20-7-5-13(23)9-18(20)24)15(10-14)16-11-27(2)22(29)21-17(16)12-28(3)25-21/h5-12,26H,4H2,1-3H3. The van der Waals surface area contributed by atoms with Gasteiger partial charge in [-0.3, -0.25) is 14.2 Å². The van der Waals surface area contributed by atoms with Gasteiger partial charge in [-0.2, -0.15) is 5.10 Å². The second-order valence-electron chi connectivity index (χ2n) is 7.42. The van der Waals surface area contributed by atoms with Crippen LogP contribution in [0.4, 0.5) is 14.5 Å². The molecular weight excluding hydrogens is 454 g/mol. The van der Waals surface area contributed by atoms with Gasteiger partial charge in [0.2, 0.25) is 10.0 Å². The molecule has 11 heteroatoms. The van der Waals surface area contributed by atoms with E-state index in [9.17, 15) is 22.0 Å². The Bertz CT molecular complexity index is 1540. The van der Waals surface area contributed by atoms with Crippen LogP contribution in [0, 0.1) is 11.6 Å². The number of nitrogens with zero attached hydrogens (tertiary/aromatic N) is 3. The highest BCUT2D eigenvalue weighted by molar-refractivity contribution is 7.92. The van der Waals surface area contributed by atoms with Crippen molar-refractivity contribution in [2.24, 2.45) is 14.1 Å². The molecule has 4 rings (SSSR count). The normalized spacial score (nSPS) is 11.7. The van der Waals surface area contributed by atoms with E-state index in [2.05, 4.69) is 9.82 Å². The molecule has 0 fully saturated rings. The average Bonchev–Trinajstić information content (AvgIpc) is 3.15. The van der Waals surface area contributed by atoms with E-state index in [-0.39, 0.29) is 34.0 Å². The topological polar surface area (TPSA) is 95.2 Å². The maximum Gasteiger partial charge on any atom is 0.278 e. The Hall–Kier alpha value is -3.73. The second-order valence-corrected chi connectivity index (χ2v) is 9.43. The third-order valence-electron chi connectivity index (χ3n) is 5.00. The molecule has 0 atom stereocenters. The molecule has 0 saturated heterocycles. The van der Waals surface area contributed by atoms with Gasteiger partial charge in [-0.15, -0.1) is 0 Å². The maximum absolute atomic E-state index is 14.3. The van der Waals surface area contributed by atoms with Crippen LogP contribution in [0.1, 0.15) is 6.92 Å².